The number of hydrogen-bond acceptors (Lipinski definition) is 3. The molecule has 0 bridgehead atoms. The minimum Gasteiger partial charge on any atom is -0.478 e. The normalized spacial score (nSPS) is 14.6. The topological polar surface area (TPSA) is 58.9 Å². The fourth-order valence-electron chi connectivity index (χ4n) is 3.16. The van der Waals surface area contributed by atoms with E-state index in [1.54, 1.807) is 24.3 Å². The van der Waals surface area contributed by atoms with Gasteiger partial charge in [-0.05, 0) is 49.7 Å². The molecule has 0 radical (unpaired) electrons. The SMILES string of the molecule is CC(C)OC1=Nc2ccc(C#Cc3ccccc3C(=O)O)cc2C(C)(C)C1. The lowest BCUT2D eigenvalue weighted by molar-refractivity contribution is 0.0696. The van der Waals surface area contributed by atoms with E-state index in [1.807, 2.05) is 32.0 Å². The molecular formula is C23H23NO3. The van der Waals surface area contributed by atoms with Crippen molar-refractivity contribution < 1.29 is 14.6 Å². The molecule has 0 spiro atoms. The lowest BCUT2D eigenvalue weighted by atomic mass is 9.78. The number of carboxylic acid groups (broad SMARTS) is 1. The van der Waals surface area contributed by atoms with Crippen LogP contribution in [0.2, 0.25) is 0 Å². The van der Waals surface area contributed by atoms with Crippen LogP contribution in [0.25, 0.3) is 0 Å². The Hall–Kier alpha value is -3.06. The van der Waals surface area contributed by atoms with E-state index >= 15 is 0 Å². The van der Waals surface area contributed by atoms with Crippen LogP contribution in [0.1, 0.15) is 61.2 Å². The van der Waals surface area contributed by atoms with Crippen molar-refractivity contribution in [3.05, 3.63) is 64.7 Å². The van der Waals surface area contributed by atoms with Crippen molar-refractivity contribution in [2.75, 3.05) is 0 Å². The van der Waals surface area contributed by atoms with Gasteiger partial charge in [-0.3, -0.25) is 0 Å². The summed E-state index contributed by atoms with van der Waals surface area (Å²) in [7, 11) is 0. The van der Waals surface area contributed by atoms with E-state index in [2.05, 4.69) is 30.7 Å². The minimum atomic E-state index is -0.974. The van der Waals surface area contributed by atoms with Crippen molar-refractivity contribution in [1.82, 2.24) is 0 Å². The van der Waals surface area contributed by atoms with Crippen LogP contribution in [0.5, 0.6) is 0 Å². The van der Waals surface area contributed by atoms with Gasteiger partial charge in [0.1, 0.15) is 0 Å². The van der Waals surface area contributed by atoms with Crippen molar-refractivity contribution in [2.45, 2.75) is 45.6 Å². The number of rotatable bonds is 2. The molecule has 27 heavy (non-hydrogen) atoms. The molecule has 4 heteroatoms. The maximum absolute atomic E-state index is 11.3. The van der Waals surface area contributed by atoms with E-state index in [-0.39, 0.29) is 17.1 Å². The summed E-state index contributed by atoms with van der Waals surface area (Å²) in [6.07, 6.45) is 0.831. The van der Waals surface area contributed by atoms with Crippen LogP contribution in [-0.4, -0.2) is 23.1 Å². The van der Waals surface area contributed by atoms with Crippen LogP contribution in [0.3, 0.4) is 0 Å². The summed E-state index contributed by atoms with van der Waals surface area (Å²) < 4.78 is 5.82. The quantitative estimate of drug-likeness (QED) is 0.772. The summed E-state index contributed by atoms with van der Waals surface area (Å²) in [4.78, 5) is 16.0. The number of ether oxygens (including phenoxy) is 1. The highest BCUT2D eigenvalue weighted by molar-refractivity contribution is 5.90. The Morgan fingerprint density at radius 3 is 2.63 bits per heavy atom. The van der Waals surface area contributed by atoms with Crippen molar-refractivity contribution in [3.63, 3.8) is 0 Å². The smallest absolute Gasteiger partial charge is 0.336 e. The number of fused-ring (bicyclic) bond motifs is 1. The van der Waals surface area contributed by atoms with Gasteiger partial charge in [0.05, 0.1) is 17.4 Å². The molecule has 138 valence electrons. The maximum atomic E-state index is 11.3. The Bertz CT molecular complexity index is 975. The zero-order chi connectivity index (χ0) is 19.6. The predicted octanol–water partition coefficient (Wildman–Crippen LogP) is 4.92. The first-order valence-electron chi connectivity index (χ1n) is 8.99. The van der Waals surface area contributed by atoms with Gasteiger partial charge in [0.25, 0.3) is 0 Å². The van der Waals surface area contributed by atoms with Gasteiger partial charge in [-0.1, -0.05) is 37.8 Å². The average molecular weight is 361 g/mol. The molecule has 0 saturated heterocycles. The molecule has 0 unspecified atom stereocenters. The fraction of sp³-hybridized carbons (Fsp3) is 0.304. The molecule has 1 N–H and O–H groups in total. The van der Waals surface area contributed by atoms with Gasteiger partial charge in [0.2, 0.25) is 0 Å². The second-order valence-corrected chi connectivity index (χ2v) is 7.57. The zero-order valence-corrected chi connectivity index (χ0v) is 16.0. The molecule has 1 heterocycles. The summed E-state index contributed by atoms with van der Waals surface area (Å²) in [5, 5.41) is 9.28. The van der Waals surface area contributed by atoms with E-state index < -0.39 is 5.97 Å². The Morgan fingerprint density at radius 1 is 1.19 bits per heavy atom. The molecule has 0 aliphatic carbocycles. The number of nitrogens with zero attached hydrogens (tertiary/aromatic N) is 1. The van der Waals surface area contributed by atoms with Gasteiger partial charge in [-0.15, -0.1) is 0 Å². The van der Waals surface area contributed by atoms with Gasteiger partial charge >= 0.3 is 5.97 Å². The van der Waals surface area contributed by atoms with E-state index in [0.29, 0.717) is 5.56 Å². The molecule has 3 rings (SSSR count). The first kappa shape index (κ1) is 18.7. The van der Waals surface area contributed by atoms with Crippen LogP contribution < -0.4 is 0 Å². The number of aliphatic imine (C=N–C) groups is 1. The third kappa shape index (κ3) is 4.20. The maximum Gasteiger partial charge on any atom is 0.336 e. The van der Waals surface area contributed by atoms with E-state index in [9.17, 15) is 9.90 Å². The predicted molar refractivity (Wildman–Crippen MR) is 107 cm³/mol. The van der Waals surface area contributed by atoms with Crippen LogP contribution in [0.4, 0.5) is 5.69 Å². The second kappa shape index (κ2) is 7.28. The summed E-state index contributed by atoms with van der Waals surface area (Å²) >= 11 is 0. The number of hydrogen-bond donors (Lipinski definition) is 1. The monoisotopic (exact) mass is 361 g/mol. The Morgan fingerprint density at radius 2 is 1.93 bits per heavy atom. The first-order chi connectivity index (χ1) is 12.8. The lowest BCUT2D eigenvalue weighted by Crippen LogP contribution is -2.28. The lowest BCUT2D eigenvalue weighted by Gasteiger charge is -2.31. The van der Waals surface area contributed by atoms with Crippen molar-refractivity contribution in [1.29, 1.82) is 0 Å². The third-order valence-electron chi connectivity index (χ3n) is 4.43. The molecule has 4 nitrogen and oxygen atoms in total. The molecule has 2 aromatic carbocycles. The van der Waals surface area contributed by atoms with Crippen LogP contribution >= 0.6 is 0 Å². The van der Waals surface area contributed by atoms with Crippen LogP contribution in [-0.2, 0) is 10.2 Å². The standard InChI is InChI=1S/C23H23NO3/c1-15(2)27-21-14-23(3,4)19-13-16(10-12-20(19)24-21)9-11-17-7-5-6-8-18(17)22(25)26/h5-8,10,12-13,15H,14H2,1-4H3,(H,25,26). The molecule has 0 atom stereocenters. The molecule has 0 amide bonds. The van der Waals surface area contributed by atoms with Gasteiger partial charge in [0.15, 0.2) is 5.90 Å². The van der Waals surface area contributed by atoms with Crippen molar-refractivity contribution >= 4 is 17.6 Å². The first-order valence-corrected chi connectivity index (χ1v) is 8.99. The highest BCUT2D eigenvalue weighted by Crippen LogP contribution is 2.39. The molecule has 0 aromatic heterocycles. The van der Waals surface area contributed by atoms with Gasteiger partial charge in [-0.2, -0.15) is 0 Å². The van der Waals surface area contributed by atoms with Crippen LogP contribution in [0.15, 0.2) is 47.5 Å². The van der Waals surface area contributed by atoms with E-state index in [0.717, 1.165) is 29.1 Å². The molecule has 0 fully saturated rings. The largest absolute Gasteiger partial charge is 0.478 e. The highest BCUT2D eigenvalue weighted by atomic mass is 16.5. The minimum absolute atomic E-state index is 0.0977. The third-order valence-corrected chi connectivity index (χ3v) is 4.43. The van der Waals surface area contributed by atoms with Gasteiger partial charge < -0.3 is 9.84 Å². The molecular weight excluding hydrogens is 338 g/mol. The number of carboxylic acids is 1. The molecule has 1 aliphatic rings. The van der Waals surface area contributed by atoms with E-state index in [1.165, 1.54) is 0 Å². The van der Waals surface area contributed by atoms with E-state index in [4.69, 9.17) is 4.74 Å². The number of benzene rings is 2. The van der Waals surface area contributed by atoms with Gasteiger partial charge in [0, 0.05) is 23.0 Å². The fourth-order valence-corrected chi connectivity index (χ4v) is 3.16. The zero-order valence-electron chi connectivity index (χ0n) is 16.0. The highest BCUT2D eigenvalue weighted by Gasteiger charge is 2.31. The number of aromatic carboxylic acids is 1. The van der Waals surface area contributed by atoms with Crippen molar-refractivity contribution in [2.24, 2.45) is 4.99 Å². The average Bonchev–Trinajstić information content (AvgIpc) is 2.59. The second-order valence-electron chi connectivity index (χ2n) is 7.57. The van der Waals surface area contributed by atoms with Gasteiger partial charge in [-0.25, -0.2) is 9.79 Å². The molecule has 1 aliphatic heterocycles. The number of carbonyl (C=O) groups is 1. The summed E-state index contributed by atoms with van der Waals surface area (Å²) in [5.74, 6) is 5.87. The Balaban J connectivity index is 1.97. The van der Waals surface area contributed by atoms with Crippen LogP contribution in [0, 0.1) is 11.8 Å². The molecule has 2 aromatic rings. The van der Waals surface area contributed by atoms with Crippen molar-refractivity contribution in [3.8, 4) is 11.8 Å². The summed E-state index contributed by atoms with van der Waals surface area (Å²) in [6.45, 7) is 8.33. The summed E-state index contributed by atoms with van der Waals surface area (Å²) in [5.41, 5.74) is 3.47. The Kier molecular flexibility index (Phi) is 5.05. The molecule has 0 saturated carbocycles. The summed E-state index contributed by atoms with van der Waals surface area (Å²) in [6, 6.07) is 12.7. The Labute approximate surface area is 159 Å².